The normalized spacial score (nSPS) is 12.0. The van der Waals surface area contributed by atoms with Gasteiger partial charge in [-0.05, 0) is 66.2 Å². The largest absolute Gasteiger partial charge is 0.455 e. The molecule has 8 aromatic carbocycles. The number of nitrogens with zero attached hydrogens (tertiary/aromatic N) is 1. The van der Waals surface area contributed by atoms with Gasteiger partial charge in [0.1, 0.15) is 22.3 Å². The predicted octanol–water partition coefficient (Wildman–Crippen LogP) is 14.1. The molecule has 0 aliphatic carbocycles. The van der Waals surface area contributed by atoms with Gasteiger partial charge in [0.2, 0.25) is 0 Å². The Morgan fingerprint density at radius 2 is 1.02 bits per heavy atom. The van der Waals surface area contributed by atoms with Crippen molar-refractivity contribution in [2.75, 3.05) is 4.90 Å². The Morgan fingerprint density at radius 1 is 0.420 bits per heavy atom. The fourth-order valence-electron chi connectivity index (χ4n) is 7.79. The van der Waals surface area contributed by atoms with E-state index in [0.717, 1.165) is 77.3 Å². The second-order valence-corrected chi connectivity index (χ2v) is 13.9. The standard InChI is InChI=1S/C46H27NO2S/c1-3-13-29(14-4-1)47(30-15-5-2-6-16-30)39-27-38-33-24-23-28(25-41(33)49-44(38)34-19-8-7-17-31(34)39)36-26-37-32-18-9-11-21-40(32)48-45(37)43-35-20-10-12-22-42(35)50-46(36)43/h1-27H. The van der Waals surface area contributed by atoms with Crippen molar-refractivity contribution in [1.82, 2.24) is 0 Å². The number of hydrogen-bond donors (Lipinski definition) is 0. The highest BCUT2D eigenvalue weighted by Gasteiger charge is 2.22. The number of anilines is 3. The molecule has 0 N–H and O–H groups in total. The van der Waals surface area contributed by atoms with Gasteiger partial charge in [0.15, 0.2) is 0 Å². The van der Waals surface area contributed by atoms with Crippen molar-refractivity contribution in [2.24, 2.45) is 0 Å². The summed E-state index contributed by atoms with van der Waals surface area (Å²) in [5, 5.41) is 9.09. The summed E-state index contributed by atoms with van der Waals surface area (Å²) in [6.07, 6.45) is 0. The molecule has 3 nitrogen and oxygen atoms in total. The van der Waals surface area contributed by atoms with E-state index in [9.17, 15) is 0 Å². The van der Waals surface area contributed by atoms with Crippen LogP contribution in [0.3, 0.4) is 0 Å². The summed E-state index contributed by atoms with van der Waals surface area (Å²) in [4.78, 5) is 2.34. The Labute approximate surface area is 290 Å². The zero-order valence-corrected chi connectivity index (χ0v) is 27.6. The summed E-state index contributed by atoms with van der Waals surface area (Å²) >= 11 is 1.82. The minimum atomic E-state index is 0.872. The maximum absolute atomic E-state index is 6.85. The van der Waals surface area contributed by atoms with Crippen LogP contribution in [0.5, 0.6) is 0 Å². The molecule has 4 heteroatoms. The van der Waals surface area contributed by atoms with Crippen molar-refractivity contribution in [3.63, 3.8) is 0 Å². The number of furan rings is 2. The van der Waals surface area contributed by atoms with Crippen molar-refractivity contribution >= 4 is 103 Å². The molecule has 3 heterocycles. The first kappa shape index (κ1) is 27.6. The van der Waals surface area contributed by atoms with Crippen LogP contribution in [-0.2, 0) is 0 Å². The first-order valence-electron chi connectivity index (χ1n) is 16.8. The number of hydrogen-bond acceptors (Lipinski definition) is 4. The third-order valence-electron chi connectivity index (χ3n) is 10.0. The van der Waals surface area contributed by atoms with Crippen LogP contribution in [0.15, 0.2) is 173 Å². The number of para-hydroxylation sites is 3. The van der Waals surface area contributed by atoms with Crippen LogP contribution >= 0.6 is 11.3 Å². The van der Waals surface area contributed by atoms with Crippen LogP contribution in [0.25, 0.3) is 85.9 Å². The summed E-state index contributed by atoms with van der Waals surface area (Å²) in [5.41, 5.74) is 9.27. The molecular formula is C46H27NO2S. The molecule has 0 bridgehead atoms. The molecular weight excluding hydrogens is 631 g/mol. The first-order valence-corrected chi connectivity index (χ1v) is 17.7. The van der Waals surface area contributed by atoms with Crippen LogP contribution in [0, 0.1) is 0 Å². The average molecular weight is 658 g/mol. The maximum Gasteiger partial charge on any atom is 0.144 e. The highest BCUT2D eigenvalue weighted by atomic mass is 32.1. The molecule has 0 aliphatic heterocycles. The lowest BCUT2D eigenvalue weighted by atomic mass is 9.97. The van der Waals surface area contributed by atoms with E-state index >= 15 is 0 Å². The van der Waals surface area contributed by atoms with E-state index in [4.69, 9.17) is 8.83 Å². The molecule has 0 aliphatic rings. The lowest BCUT2D eigenvalue weighted by molar-refractivity contribution is 0.672. The Bertz CT molecular complexity index is 3060. The molecule has 0 radical (unpaired) electrons. The van der Waals surface area contributed by atoms with Crippen molar-refractivity contribution in [3.05, 3.63) is 164 Å². The molecule has 0 unspecified atom stereocenters. The molecule has 0 spiro atoms. The van der Waals surface area contributed by atoms with E-state index in [1.165, 1.54) is 25.7 Å². The molecule has 0 amide bonds. The van der Waals surface area contributed by atoms with E-state index in [2.05, 4.69) is 163 Å². The SMILES string of the molecule is c1ccc(N(c2ccccc2)c2cc3c4ccc(-c5cc6c7ccccc7oc6c6c5sc5ccccc56)cc4oc3c3ccccc23)cc1. The first-order chi connectivity index (χ1) is 24.8. The topological polar surface area (TPSA) is 29.5 Å². The molecule has 0 saturated heterocycles. The van der Waals surface area contributed by atoms with Gasteiger partial charge in [0.05, 0.1) is 5.69 Å². The van der Waals surface area contributed by atoms with Crippen molar-refractivity contribution < 1.29 is 8.83 Å². The Kier molecular flexibility index (Phi) is 5.83. The summed E-state index contributed by atoms with van der Waals surface area (Å²) in [6.45, 7) is 0. The molecule has 0 saturated carbocycles. The minimum absolute atomic E-state index is 0.872. The Balaban J connectivity index is 1.18. The Morgan fingerprint density at radius 3 is 1.80 bits per heavy atom. The van der Waals surface area contributed by atoms with Gasteiger partial charge >= 0.3 is 0 Å². The summed E-state index contributed by atoms with van der Waals surface area (Å²) < 4.78 is 15.9. The zero-order valence-electron chi connectivity index (χ0n) is 26.8. The third kappa shape index (κ3) is 3.97. The van der Waals surface area contributed by atoms with Gasteiger partial charge in [-0.1, -0.05) is 103 Å². The van der Waals surface area contributed by atoms with E-state index < -0.39 is 0 Å². The second kappa shape index (κ2) is 10.6. The number of rotatable bonds is 4. The van der Waals surface area contributed by atoms with E-state index in [1.807, 2.05) is 17.4 Å². The fraction of sp³-hybridized carbons (Fsp3) is 0. The molecule has 11 rings (SSSR count). The van der Waals surface area contributed by atoms with Crippen LogP contribution < -0.4 is 4.90 Å². The van der Waals surface area contributed by atoms with Gasteiger partial charge in [0.25, 0.3) is 0 Å². The summed E-state index contributed by atoms with van der Waals surface area (Å²) in [6, 6.07) is 58.1. The van der Waals surface area contributed by atoms with Gasteiger partial charge in [-0.25, -0.2) is 0 Å². The second-order valence-electron chi connectivity index (χ2n) is 12.8. The van der Waals surface area contributed by atoms with Crippen molar-refractivity contribution in [1.29, 1.82) is 0 Å². The van der Waals surface area contributed by atoms with Gasteiger partial charge in [-0.3, -0.25) is 0 Å². The number of benzene rings is 8. The smallest absolute Gasteiger partial charge is 0.144 e. The zero-order chi connectivity index (χ0) is 32.8. The van der Waals surface area contributed by atoms with Gasteiger partial charge in [-0.2, -0.15) is 0 Å². The number of fused-ring (bicyclic) bond motifs is 12. The van der Waals surface area contributed by atoms with Crippen molar-refractivity contribution in [2.45, 2.75) is 0 Å². The monoisotopic (exact) mass is 657 g/mol. The summed E-state index contributed by atoms with van der Waals surface area (Å²) in [7, 11) is 0. The third-order valence-corrected chi connectivity index (χ3v) is 11.2. The van der Waals surface area contributed by atoms with Gasteiger partial charge in [-0.15, -0.1) is 11.3 Å². The lowest BCUT2D eigenvalue weighted by Gasteiger charge is -2.27. The molecule has 0 atom stereocenters. The number of thiophene rings is 1. The minimum Gasteiger partial charge on any atom is -0.455 e. The Hall–Kier alpha value is -6.36. The van der Waals surface area contributed by atoms with E-state index in [1.54, 1.807) is 0 Å². The fourth-order valence-corrected chi connectivity index (χ4v) is 9.03. The van der Waals surface area contributed by atoms with Gasteiger partial charge < -0.3 is 13.7 Å². The summed E-state index contributed by atoms with van der Waals surface area (Å²) in [5.74, 6) is 0. The van der Waals surface area contributed by atoms with Crippen molar-refractivity contribution in [3.8, 4) is 11.1 Å². The highest BCUT2D eigenvalue weighted by Crippen LogP contribution is 2.48. The molecule has 50 heavy (non-hydrogen) atoms. The van der Waals surface area contributed by atoms with E-state index in [-0.39, 0.29) is 0 Å². The lowest BCUT2D eigenvalue weighted by Crippen LogP contribution is -2.10. The van der Waals surface area contributed by atoms with Gasteiger partial charge in [0, 0.05) is 69.4 Å². The quantitative estimate of drug-likeness (QED) is 0.189. The van der Waals surface area contributed by atoms with Crippen LogP contribution in [-0.4, -0.2) is 0 Å². The molecule has 234 valence electrons. The molecule has 11 aromatic rings. The predicted molar refractivity (Wildman–Crippen MR) is 212 cm³/mol. The molecule has 0 fully saturated rings. The van der Waals surface area contributed by atoms with Crippen LogP contribution in [0.1, 0.15) is 0 Å². The van der Waals surface area contributed by atoms with E-state index in [0.29, 0.717) is 0 Å². The van der Waals surface area contributed by atoms with Crippen LogP contribution in [0.4, 0.5) is 17.1 Å². The highest BCUT2D eigenvalue weighted by molar-refractivity contribution is 7.26. The maximum atomic E-state index is 6.85. The molecule has 3 aromatic heterocycles. The van der Waals surface area contributed by atoms with Crippen LogP contribution in [0.2, 0.25) is 0 Å². The average Bonchev–Trinajstić information content (AvgIpc) is 3.87.